The summed E-state index contributed by atoms with van der Waals surface area (Å²) in [4.78, 5) is 53.2. The van der Waals surface area contributed by atoms with Gasteiger partial charge in [0.1, 0.15) is 0 Å². The molecule has 0 saturated carbocycles. The average molecular weight is 463 g/mol. The Morgan fingerprint density at radius 2 is 1.59 bits per heavy atom. The van der Waals surface area contributed by atoms with Gasteiger partial charge in [-0.05, 0) is 53.9 Å². The maximum atomic E-state index is 12.7. The van der Waals surface area contributed by atoms with Crippen molar-refractivity contribution in [2.45, 2.75) is 32.0 Å². The monoisotopic (exact) mass is 462 g/mol. The second kappa shape index (κ2) is 9.36. The van der Waals surface area contributed by atoms with Gasteiger partial charge in [0.05, 0.1) is 19.3 Å². The predicted molar refractivity (Wildman–Crippen MR) is 123 cm³/mol. The Labute approximate surface area is 197 Å². The van der Waals surface area contributed by atoms with E-state index in [1.54, 1.807) is 24.3 Å². The molecule has 0 aliphatic carbocycles. The van der Waals surface area contributed by atoms with Crippen molar-refractivity contribution in [3.05, 3.63) is 64.7 Å². The number of benzene rings is 2. The van der Waals surface area contributed by atoms with Gasteiger partial charge in [-0.2, -0.15) is 0 Å². The van der Waals surface area contributed by atoms with Crippen LogP contribution in [0.5, 0.6) is 0 Å². The first-order chi connectivity index (χ1) is 16.5. The summed E-state index contributed by atoms with van der Waals surface area (Å²) in [5.74, 6) is -1.43. The molecule has 2 N–H and O–H groups in total. The lowest BCUT2D eigenvalue weighted by molar-refractivity contribution is -0.137. The Morgan fingerprint density at radius 3 is 2.32 bits per heavy atom. The molecule has 0 spiro atoms. The molecule has 2 fully saturated rings. The Balaban J connectivity index is 1.21. The van der Waals surface area contributed by atoms with Crippen LogP contribution in [0.25, 0.3) is 0 Å². The number of fused-ring (bicyclic) bond motifs is 1. The largest absolute Gasteiger partial charge is 0.378 e. The van der Waals surface area contributed by atoms with Crippen LogP contribution in [-0.2, 0) is 27.4 Å². The number of amides is 4. The lowest BCUT2D eigenvalue weighted by Crippen LogP contribution is -2.50. The van der Waals surface area contributed by atoms with Crippen LogP contribution in [0.2, 0.25) is 0 Å². The van der Waals surface area contributed by atoms with Gasteiger partial charge < -0.3 is 9.64 Å². The van der Waals surface area contributed by atoms with Crippen molar-refractivity contribution in [2.75, 3.05) is 31.2 Å². The number of nitrogens with one attached hydrogen (secondary N) is 2. The highest BCUT2D eigenvalue weighted by Crippen LogP contribution is 2.28. The van der Waals surface area contributed by atoms with E-state index in [1.165, 1.54) is 0 Å². The third-order valence-corrected chi connectivity index (χ3v) is 6.60. The van der Waals surface area contributed by atoms with Crippen molar-refractivity contribution in [1.82, 2.24) is 15.5 Å². The van der Waals surface area contributed by atoms with Crippen molar-refractivity contribution in [2.24, 2.45) is 0 Å². The summed E-state index contributed by atoms with van der Waals surface area (Å²) in [5, 5.41) is 4.85. The lowest BCUT2D eigenvalue weighted by atomic mass is 10.0. The van der Waals surface area contributed by atoms with Crippen LogP contribution < -0.4 is 15.5 Å². The van der Waals surface area contributed by atoms with E-state index in [-0.39, 0.29) is 17.9 Å². The topological polar surface area (TPSA) is 108 Å². The first kappa shape index (κ1) is 22.2. The van der Waals surface area contributed by atoms with Crippen molar-refractivity contribution < 1.29 is 23.9 Å². The first-order valence-electron chi connectivity index (χ1n) is 11.5. The van der Waals surface area contributed by atoms with Crippen LogP contribution in [0.4, 0.5) is 5.69 Å². The van der Waals surface area contributed by atoms with Gasteiger partial charge in [0.2, 0.25) is 11.8 Å². The molecule has 1 unspecified atom stereocenters. The summed E-state index contributed by atoms with van der Waals surface area (Å²) in [5.41, 5.74) is 3.80. The molecule has 2 aromatic rings. The Kier molecular flexibility index (Phi) is 6.12. The van der Waals surface area contributed by atoms with Gasteiger partial charge in [-0.15, -0.1) is 0 Å². The molecule has 9 nitrogen and oxygen atoms in total. The summed E-state index contributed by atoms with van der Waals surface area (Å²) in [6.07, 6.45) is 0.817. The molecule has 3 heterocycles. The first-order valence-corrected chi connectivity index (χ1v) is 11.5. The number of carbonyl (C=O) groups is 4. The maximum Gasteiger partial charge on any atom is 0.258 e. The Morgan fingerprint density at radius 1 is 0.912 bits per heavy atom. The molecular formula is C25H26N4O5. The van der Waals surface area contributed by atoms with Gasteiger partial charge in [0.15, 0.2) is 0 Å². The number of carbonyl (C=O) groups excluding carboxylic acids is 4. The van der Waals surface area contributed by atoms with Crippen LogP contribution in [0.1, 0.15) is 44.7 Å². The smallest absolute Gasteiger partial charge is 0.258 e. The molecule has 1 atom stereocenters. The highest BCUT2D eigenvalue weighted by atomic mass is 16.5. The number of ether oxygens (including phenoxy) is 1. The number of imide groups is 2. The number of rotatable bonds is 4. The number of nitrogens with zero attached hydrogens (tertiary/aromatic N) is 2. The molecule has 0 bridgehead atoms. The minimum atomic E-state index is -0.468. The summed E-state index contributed by atoms with van der Waals surface area (Å²) >= 11 is 0. The average Bonchev–Trinajstić information content (AvgIpc) is 3.27. The fourth-order valence-electron chi connectivity index (χ4n) is 4.71. The fraction of sp³-hybridized carbons (Fsp3) is 0.360. The second-order valence-electron chi connectivity index (χ2n) is 8.78. The minimum absolute atomic E-state index is 0.239. The highest BCUT2D eigenvalue weighted by molar-refractivity contribution is 6.10. The van der Waals surface area contributed by atoms with E-state index in [4.69, 9.17) is 4.74 Å². The standard InChI is InChI=1S/C25H26N4O5/c30-22-8-7-21(25(33)26-22)29-14-18-2-1-17(13-19(18)15-29)24(32)27-23(31)16-3-5-20(6-4-16)28-9-11-34-12-10-28/h1-6,13,21H,7-12,14-15H2,(H,26,30,33)(H,27,31,32). The molecule has 176 valence electrons. The number of morpholine rings is 1. The van der Waals surface area contributed by atoms with Crippen molar-refractivity contribution in [3.8, 4) is 0 Å². The zero-order valence-corrected chi connectivity index (χ0v) is 18.7. The van der Waals surface area contributed by atoms with Gasteiger partial charge in [-0.25, -0.2) is 0 Å². The molecular weight excluding hydrogens is 436 g/mol. The predicted octanol–water partition coefficient (Wildman–Crippen LogP) is 1.21. The summed E-state index contributed by atoms with van der Waals surface area (Å²) in [7, 11) is 0. The van der Waals surface area contributed by atoms with Crippen LogP contribution in [0.3, 0.4) is 0 Å². The normalized spacial score (nSPS) is 20.6. The zero-order valence-electron chi connectivity index (χ0n) is 18.7. The van der Waals surface area contributed by atoms with E-state index < -0.39 is 11.8 Å². The number of piperidine rings is 1. The van der Waals surface area contributed by atoms with Crippen LogP contribution >= 0.6 is 0 Å². The molecule has 2 aromatic carbocycles. The van der Waals surface area contributed by atoms with Gasteiger partial charge >= 0.3 is 0 Å². The Hall–Kier alpha value is -3.56. The molecule has 34 heavy (non-hydrogen) atoms. The van der Waals surface area contributed by atoms with Gasteiger partial charge in [-0.1, -0.05) is 6.07 Å². The molecule has 0 radical (unpaired) electrons. The molecule has 2 saturated heterocycles. The van der Waals surface area contributed by atoms with E-state index in [2.05, 4.69) is 15.5 Å². The molecule has 5 rings (SSSR count). The maximum absolute atomic E-state index is 12.7. The van der Waals surface area contributed by atoms with E-state index in [0.717, 1.165) is 29.9 Å². The summed E-state index contributed by atoms with van der Waals surface area (Å²) in [6.45, 7) is 4.08. The van der Waals surface area contributed by atoms with E-state index in [0.29, 0.717) is 50.3 Å². The minimum Gasteiger partial charge on any atom is -0.378 e. The SMILES string of the molecule is O=C1CCC(N2Cc3ccc(C(=O)NC(=O)c4ccc(N5CCOCC5)cc4)cc3C2)C(=O)N1. The third kappa shape index (κ3) is 4.57. The molecule has 4 amide bonds. The van der Waals surface area contributed by atoms with E-state index >= 15 is 0 Å². The number of hydrogen-bond acceptors (Lipinski definition) is 7. The molecule has 3 aliphatic rings. The highest BCUT2D eigenvalue weighted by Gasteiger charge is 2.34. The summed E-state index contributed by atoms with van der Waals surface area (Å²) < 4.78 is 5.37. The summed E-state index contributed by atoms with van der Waals surface area (Å²) in [6, 6.07) is 12.2. The van der Waals surface area contributed by atoms with Crippen LogP contribution in [0.15, 0.2) is 42.5 Å². The van der Waals surface area contributed by atoms with Crippen molar-refractivity contribution >= 4 is 29.3 Å². The van der Waals surface area contributed by atoms with Gasteiger partial charge in [0.25, 0.3) is 11.8 Å². The van der Waals surface area contributed by atoms with Crippen molar-refractivity contribution in [1.29, 1.82) is 0 Å². The third-order valence-electron chi connectivity index (χ3n) is 6.60. The lowest BCUT2D eigenvalue weighted by Gasteiger charge is -2.29. The van der Waals surface area contributed by atoms with Gasteiger partial charge in [-0.3, -0.25) is 34.7 Å². The molecule has 9 heteroatoms. The van der Waals surface area contributed by atoms with Crippen LogP contribution in [-0.4, -0.2) is 60.9 Å². The number of anilines is 1. The van der Waals surface area contributed by atoms with E-state index in [9.17, 15) is 19.2 Å². The van der Waals surface area contributed by atoms with Crippen molar-refractivity contribution in [3.63, 3.8) is 0 Å². The zero-order chi connectivity index (χ0) is 23.7. The second-order valence-corrected chi connectivity index (χ2v) is 8.78. The van der Waals surface area contributed by atoms with Gasteiger partial charge in [0, 0.05) is 49.4 Å². The fourth-order valence-corrected chi connectivity index (χ4v) is 4.71. The van der Waals surface area contributed by atoms with Crippen LogP contribution in [0, 0.1) is 0 Å². The molecule has 3 aliphatic heterocycles. The quantitative estimate of drug-likeness (QED) is 0.658. The Bertz CT molecular complexity index is 1140. The molecule has 0 aromatic heterocycles. The number of hydrogen-bond donors (Lipinski definition) is 2. The van der Waals surface area contributed by atoms with E-state index in [1.807, 2.05) is 23.1 Å².